The zero-order valence-corrected chi connectivity index (χ0v) is 14.6. The molecule has 2 aromatic rings. The summed E-state index contributed by atoms with van der Waals surface area (Å²) < 4.78 is 10.7. The van der Waals surface area contributed by atoms with Gasteiger partial charge in [0.1, 0.15) is 0 Å². The van der Waals surface area contributed by atoms with Gasteiger partial charge < -0.3 is 19.5 Å². The van der Waals surface area contributed by atoms with Crippen molar-refractivity contribution in [1.82, 2.24) is 20.4 Å². The number of likely N-dealkylation sites (tertiary alicyclic amines) is 1. The predicted octanol–water partition coefficient (Wildman–Crippen LogP) is 2.65. The monoisotopic (exact) mass is 344 g/mol. The van der Waals surface area contributed by atoms with E-state index in [9.17, 15) is 4.79 Å². The van der Waals surface area contributed by atoms with Crippen molar-refractivity contribution in [3.05, 3.63) is 47.6 Å². The molecule has 1 fully saturated rings. The number of urea groups is 1. The van der Waals surface area contributed by atoms with Gasteiger partial charge in [0, 0.05) is 32.7 Å². The van der Waals surface area contributed by atoms with Crippen LogP contribution >= 0.6 is 0 Å². The molecule has 0 radical (unpaired) electrons. The van der Waals surface area contributed by atoms with Crippen LogP contribution in [0.1, 0.15) is 42.1 Å². The third-order valence-electron chi connectivity index (χ3n) is 4.57. The number of hydrogen-bond acceptors (Lipinski definition) is 5. The molecule has 7 nitrogen and oxygen atoms in total. The zero-order chi connectivity index (χ0) is 17.6. The van der Waals surface area contributed by atoms with Crippen LogP contribution in [0.5, 0.6) is 0 Å². The zero-order valence-electron chi connectivity index (χ0n) is 14.6. The topological polar surface area (TPSA) is 80.5 Å². The van der Waals surface area contributed by atoms with Crippen molar-refractivity contribution in [2.75, 3.05) is 26.7 Å². The third kappa shape index (κ3) is 4.36. The Morgan fingerprint density at radius 1 is 1.36 bits per heavy atom. The average molecular weight is 344 g/mol. The van der Waals surface area contributed by atoms with Crippen molar-refractivity contribution in [3.8, 4) is 0 Å². The quantitative estimate of drug-likeness (QED) is 0.902. The van der Waals surface area contributed by atoms with Crippen molar-refractivity contribution in [2.45, 2.75) is 31.8 Å². The summed E-state index contributed by atoms with van der Waals surface area (Å²) in [6.07, 6.45) is 1.52. The number of ether oxygens (including phenoxy) is 1. The molecule has 1 saturated heterocycles. The number of rotatable bonds is 5. The minimum absolute atomic E-state index is 0.0573. The molecule has 0 saturated carbocycles. The first-order chi connectivity index (χ1) is 12.2. The van der Waals surface area contributed by atoms with E-state index in [4.69, 9.17) is 9.26 Å². The second-order valence-corrected chi connectivity index (χ2v) is 6.26. The standard InChI is InChI=1S/C18H24N4O3/c1-13-20-17(25-21-13)15-8-10-22(11-9-15)18(23)19-12-16(24-2)14-6-4-3-5-7-14/h3-7,15-16H,8-12H2,1-2H3,(H,19,23). The van der Waals surface area contributed by atoms with Crippen molar-refractivity contribution >= 4 is 6.03 Å². The van der Waals surface area contributed by atoms with Crippen LogP contribution in [0, 0.1) is 6.92 Å². The summed E-state index contributed by atoms with van der Waals surface area (Å²) in [5.74, 6) is 1.57. The Labute approximate surface area is 147 Å². The molecule has 1 aromatic heterocycles. The first-order valence-electron chi connectivity index (χ1n) is 8.58. The number of carbonyl (C=O) groups excluding carboxylic acids is 1. The number of nitrogens with one attached hydrogen (secondary N) is 1. The molecule has 1 aromatic carbocycles. The van der Waals surface area contributed by atoms with Gasteiger partial charge in [-0.1, -0.05) is 35.5 Å². The first-order valence-corrected chi connectivity index (χ1v) is 8.58. The first kappa shape index (κ1) is 17.4. The number of aromatic nitrogens is 2. The SMILES string of the molecule is COC(CNC(=O)N1CCC(c2nc(C)no2)CC1)c1ccccc1. The number of piperidine rings is 1. The van der Waals surface area contributed by atoms with Crippen LogP contribution in [0.4, 0.5) is 4.79 Å². The lowest BCUT2D eigenvalue weighted by Gasteiger charge is -2.31. The van der Waals surface area contributed by atoms with Gasteiger partial charge in [0.2, 0.25) is 5.89 Å². The molecular formula is C18H24N4O3. The van der Waals surface area contributed by atoms with Gasteiger partial charge in [-0.25, -0.2) is 4.79 Å². The predicted molar refractivity (Wildman–Crippen MR) is 92.2 cm³/mol. The second kappa shape index (κ2) is 8.11. The van der Waals surface area contributed by atoms with E-state index in [-0.39, 0.29) is 18.1 Å². The highest BCUT2D eigenvalue weighted by Crippen LogP contribution is 2.26. The van der Waals surface area contributed by atoms with Gasteiger partial charge in [-0.3, -0.25) is 0 Å². The van der Waals surface area contributed by atoms with E-state index in [1.165, 1.54) is 0 Å². The molecule has 2 amide bonds. The molecule has 7 heteroatoms. The van der Waals surface area contributed by atoms with Crippen LogP contribution in [0.2, 0.25) is 0 Å². The lowest BCUT2D eigenvalue weighted by Crippen LogP contribution is -2.45. The maximum atomic E-state index is 12.4. The van der Waals surface area contributed by atoms with Crippen molar-refractivity contribution < 1.29 is 14.1 Å². The molecule has 3 rings (SSSR count). The number of methoxy groups -OCH3 is 1. The molecule has 1 aliphatic rings. The summed E-state index contributed by atoms with van der Waals surface area (Å²) in [4.78, 5) is 18.5. The summed E-state index contributed by atoms with van der Waals surface area (Å²) in [5, 5.41) is 6.81. The number of amides is 2. The highest BCUT2D eigenvalue weighted by atomic mass is 16.5. The van der Waals surface area contributed by atoms with Crippen LogP contribution in [-0.2, 0) is 4.74 Å². The van der Waals surface area contributed by atoms with E-state index < -0.39 is 0 Å². The summed E-state index contributed by atoms with van der Waals surface area (Å²) in [7, 11) is 1.65. The Morgan fingerprint density at radius 2 is 2.08 bits per heavy atom. The van der Waals surface area contributed by atoms with Gasteiger partial charge in [-0.2, -0.15) is 4.98 Å². The Bertz CT molecular complexity index is 681. The molecule has 1 N–H and O–H groups in total. The van der Waals surface area contributed by atoms with E-state index in [1.54, 1.807) is 7.11 Å². The summed E-state index contributed by atoms with van der Waals surface area (Å²) in [6.45, 7) is 3.62. The molecule has 0 spiro atoms. The van der Waals surface area contributed by atoms with Gasteiger partial charge in [0.25, 0.3) is 0 Å². The summed E-state index contributed by atoms with van der Waals surface area (Å²) in [5.41, 5.74) is 1.05. The summed E-state index contributed by atoms with van der Waals surface area (Å²) in [6, 6.07) is 9.83. The van der Waals surface area contributed by atoms with Crippen LogP contribution < -0.4 is 5.32 Å². The molecule has 0 bridgehead atoms. The van der Waals surface area contributed by atoms with Crippen LogP contribution in [0.15, 0.2) is 34.9 Å². The van der Waals surface area contributed by atoms with E-state index >= 15 is 0 Å². The lowest BCUT2D eigenvalue weighted by atomic mass is 9.97. The molecule has 134 valence electrons. The molecule has 0 aliphatic carbocycles. The number of carbonyl (C=O) groups is 1. The van der Waals surface area contributed by atoms with E-state index in [0.717, 1.165) is 18.4 Å². The minimum atomic E-state index is -0.149. The molecule has 1 atom stereocenters. The maximum absolute atomic E-state index is 12.4. The Kier molecular flexibility index (Phi) is 5.65. The minimum Gasteiger partial charge on any atom is -0.375 e. The normalized spacial score (nSPS) is 16.6. The van der Waals surface area contributed by atoms with Crippen LogP contribution in [-0.4, -0.2) is 47.8 Å². The fraction of sp³-hybridized carbons (Fsp3) is 0.500. The van der Waals surface area contributed by atoms with E-state index in [2.05, 4.69) is 15.5 Å². The summed E-state index contributed by atoms with van der Waals surface area (Å²) >= 11 is 0. The molecule has 1 aliphatic heterocycles. The fourth-order valence-corrected chi connectivity index (χ4v) is 3.11. The van der Waals surface area contributed by atoms with E-state index in [0.29, 0.717) is 31.3 Å². The van der Waals surface area contributed by atoms with Crippen LogP contribution in [0.25, 0.3) is 0 Å². The van der Waals surface area contributed by atoms with Crippen molar-refractivity contribution in [3.63, 3.8) is 0 Å². The van der Waals surface area contributed by atoms with Gasteiger partial charge >= 0.3 is 6.03 Å². The number of nitrogens with zero attached hydrogens (tertiary/aromatic N) is 3. The highest BCUT2D eigenvalue weighted by molar-refractivity contribution is 5.74. The maximum Gasteiger partial charge on any atom is 0.317 e. The molecular weight excluding hydrogens is 320 g/mol. The van der Waals surface area contributed by atoms with E-state index in [1.807, 2.05) is 42.2 Å². The van der Waals surface area contributed by atoms with Crippen LogP contribution in [0.3, 0.4) is 0 Å². The smallest absolute Gasteiger partial charge is 0.317 e. The number of aryl methyl sites for hydroxylation is 1. The molecule has 25 heavy (non-hydrogen) atoms. The van der Waals surface area contributed by atoms with Crippen molar-refractivity contribution in [2.24, 2.45) is 0 Å². The largest absolute Gasteiger partial charge is 0.375 e. The fourth-order valence-electron chi connectivity index (χ4n) is 3.11. The number of benzene rings is 1. The average Bonchev–Trinajstić information content (AvgIpc) is 3.09. The van der Waals surface area contributed by atoms with Gasteiger partial charge in [0.15, 0.2) is 5.82 Å². The number of hydrogen-bond donors (Lipinski definition) is 1. The Balaban J connectivity index is 1.48. The van der Waals surface area contributed by atoms with Gasteiger partial charge in [0.05, 0.1) is 6.10 Å². The molecule has 2 heterocycles. The Morgan fingerprint density at radius 3 is 2.68 bits per heavy atom. The third-order valence-corrected chi connectivity index (χ3v) is 4.57. The molecule has 1 unspecified atom stereocenters. The van der Waals surface area contributed by atoms with Gasteiger partial charge in [-0.15, -0.1) is 0 Å². The Hall–Kier alpha value is -2.41. The second-order valence-electron chi connectivity index (χ2n) is 6.26. The lowest BCUT2D eigenvalue weighted by molar-refractivity contribution is 0.100. The van der Waals surface area contributed by atoms with Crippen molar-refractivity contribution in [1.29, 1.82) is 0 Å². The van der Waals surface area contributed by atoms with Gasteiger partial charge in [-0.05, 0) is 25.3 Å². The highest BCUT2D eigenvalue weighted by Gasteiger charge is 2.27.